The van der Waals surface area contributed by atoms with Gasteiger partial charge in [-0.1, -0.05) is 60.7 Å². The number of hydrogen-bond acceptors (Lipinski definition) is 2. The number of ether oxygens (including phenoxy) is 1. The molecule has 2 aromatic rings. The fourth-order valence-corrected chi connectivity index (χ4v) is 2.39. The highest BCUT2D eigenvalue weighted by atomic mass is 16.5. The van der Waals surface area contributed by atoms with Gasteiger partial charge in [-0.05, 0) is 25.0 Å². The van der Waals surface area contributed by atoms with Gasteiger partial charge in [-0.3, -0.25) is 0 Å². The Labute approximate surface area is 114 Å². The molecule has 0 saturated carbocycles. The Morgan fingerprint density at radius 2 is 1.21 bits per heavy atom. The van der Waals surface area contributed by atoms with E-state index in [1.165, 1.54) is 0 Å². The first-order chi connectivity index (χ1) is 9.02. The van der Waals surface area contributed by atoms with Crippen molar-refractivity contribution in [2.24, 2.45) is 0 Å². The lowest BCUT2D eigenvalue weighted by atomic mass is 9.75. The van der Waals surface area contributed by atoms with Gasteiger partial charge < -0.3 is 9.84 Å². The lowest BCUT2D eigenvalue weighted by Gasteiger charge is -2.42. The first-order valence-corrected chi connectivity index (χ1v) is 6.41. The monoisotopic (exact) mass is 256 g/mol. The van der Waals surface area contributed by atoms with Gasteiger partial charge in [0.2, 0.25) is 0 Å². The Hall–Kier alpha value is -1.64. The summed E-state index contributed by atoms with van der Waals surface area (Å²) in [6, 6.07) is 19.4. The molecule has 0 unspecified atom stereocenters. The topological polar surface area (TPSA) is 29.5 Å². The van der Waals surface area contributed by atoms with Crippen LogP contribution in [0.5, 0.6) is 0 Å². The minimum absolute atomic E-state index is 0.810. The molecule has 0 amide bonds. The first-order valence-electron chi connectivity index (χ1n) is 6.41. The Morgan fingerprint density at radius 1 is 0.789 bits per heavy atom. The van der Waals surface area contributed by atoms with E-state index in [1.807, 2.05) is 67.6 Å². The third-order valence-electron chi connectivity index (χ3n) is 4.00. The lowest BCUT2D eigenvalue weighted by molar-refractivity contribution is -0.163. The Balaban J connectivity index is 2.52. The van der Waals surface area contributed by atoms with Gasteiger partial charge in [-0.15, -0.1) is 0 Å². The maximum atomic E-state index is 11.0. The van der Waals surface area contributed by atoms with Crippen molar-refractivity contribution in [3.05, 3.63) is 71.8 Å². The van der Waals surface area contributed by atoms with E-state index in [4.69, 9.17) is 4.74 Å². The molecule has 0 radical (unpaired) electrons. The van der Waals surface area contributed by atoms with E-state index >= 15 is 0 Å². The molecule has 0 bridgehead atoms. The normalized spacial score (nSPS) is 17.5. The van der Waals surface area contributed by atoms with E-state index in [0.29, 0.717) is 0 Å². The molecule has 2 aromatic carbocycles. The average Bonchev–Trinajstić information content (AvgIpc) is 2.48. The lowest BCUT2D eigenvalue weighted by Crippen LogP contribution is -2.46. The molecule has 19 heavy (non-hydrogen) atoms. The van der Waals surface area contributed by atoms with E-state index in [1.54, 1.807) is 14.0 Å². The number of benzene rings is 2. The largest absolute Gasteiger partial charge is 0.382 e. The minimum Gasteiger partial charge on any atom is -0.382 e. The molecule has 0 aliphatic rings. The standard InChI is InChI=1S/C17H20O2/c1-16(18,14-10-6-4-7-11-14)17(2,19-3)15-12-8-5-9-13-15/h4-13,18H,1-3H3/t16-,17-/m0/s1. The molecule has 0 saturated heterocycles. The summed E-state index contributed by atoms with van der Waals surface area (Å²) < 4.78 is 5.69. The third-order valence-corrected chi connectivity index (χ3v) is 4.00. The van der Waals surface area contributed by atoms with Crippen LogP contribution in [0.25, 0.3) is 0 Å². The van der Waals surface area contributed by atoms with E-state index in [-0.39, 0.29) is 0 Å². The minimum atomic E-state index is -1.12. The molecule has 2 nitrogen and oxygen atoms in total. The second-order valence-electron chi connectivity index (χ2n) is 5.04. The molecule has 0 heterocycles. The molecule has 100 valence electrons. The van der Waals surface area contributed by atoms with E-state index < -0.39 is 11.2 Å². The van der Waals surface area contributed by atoms with Crippen LogP contribution in [0.1, 0.15) is 25.0 Å². The summed E-state index contributed by atoms with van der Waals surface area (Å²) in [5, 5.41) is 11.0. The highest BCUT2D eigenvalue weighted by Crippen LogP contribution is 2.42. The van der Waals surface area contributed by atoms with E-state index in [0.717, 1.165) is 11.1 Å². The Bertz CT molecular complexity index is 519. The van der Waals surface area contributed by atoms with Crippen molar-refractivity contribution in [2.45, 2.75) is 25.0 Å². The maximum absolute atomic E-state index is 11.0. The molecule has 1 N–H and O–H groups in total. The quantitative estimate of drug-likeness (QED) is 0.907. The summed E-state index contributed by atoms with van der Waals surface area (Å²) in [5.41, 5.74) is -0.144. The smallest absolute Gasteiger partial charge is 0.122 e. The van der Waals surface area contributed by atoms with Crippen molar-refractivity contribution >= 4 is 0 Å². The zero-order chi connectivity index (χ0) is 13.9. The van der Waals surface area contributed by atoms with Crippen LogP contribution in [0, 0.1) is 0 Å². The van der Waals surface area contributed by atoms with Gasteiger partial charge in [0.1, 0.15) is 11.2 Å². The van der Waals surface area contributed by atoms with Gasteiger partial charge in [0.05, 0.1) is 0 Å². The Morgan fingerprint density at radius 3 is 1.63 bits per heavy atom. The third kappa shape index (κ3) is 2.29. The van der Waals surface area contributed by atoms with E-state index in [9.17, 15) is 5.11 Å². The molecule has 2 atom stereocenters. The van der Waals surface area contributed by atoms with Crippen molar-refractivity contribution < 1.29 is 9.84 Å². The number of aliphatic hydroxyl groups is 1. The van der Waals surface area contributed by atoms with Crippen LogP contribution in [0.4, 0.5) is 0 Å². The van der Waals surface area contributed by atoms with E-state index in [2.05, 4.69) is 0 Å². The van der Waals surface area contributed by atoms with Gasteiger partial charge in [0.15, 0.2) is 0 Å². The first kappa shape index (κ1) is 13.8. The van der Waals surface area contributed by atoms with Gasteiger partial charge in [-0.2, -0.15) is 0 Å². The van der Waals surface area contributed by atoms with Gasteiger partial charge in [-0.25, -0.2) is 0 Å². The van der Waals surface area contributed by atoms with Crippen LogP contribution < -0.4 is 0 Å². The molecule has 0 spiro atoms. The Kier molecular flexibility index (Phi) is 3.74. The molecule has 0 fully saturated rings. The molecule has 0 aromatic heterocycles. The summed E-state index contributed by atoms with van der Waals surface area (Å²) in [5.74, 6) is 0. The van der Waals surface area contributed by atoms with Crippen LogP contribution in [0.2, 0.25) is 0 Å². The van der Waals surface area contributed by atoms with Crippen LogP contribution in [-0.2, 0) is 15.9 Å². The summed E-state index contributed by atoms with van der Waals surface area (Å²) in [7, 11) is 1.63. The van der Waals surface area contributed by atoms with Crippen molar-refractivity contribution in [1.82, 2.24) is 0 Å². The fraction of sp³-hybridized carbons (Fsp3) is 0.294. The van der Waals surface area contributed by atoms with Crippen LogP contribution in [0.15, 0.2) is 60.7 Å². The molecule has 2 rings (SSSR count). The highest BCUT2D eigenvalue weighted by Gasteiger charge is 2.46. The van der Waals surface area contributed by atoms with Crippen molar-refractivity contribution in [2.75, 3.05) is 7.11 Å². The van der Waals surface area contributed by atoms with Crippen molar-refractivity contribution in [3.63, 3.8) is 0 Å². The zero-order valence-electron chi connectivity index (χ0n) is 11.6. The summed E-state index contributed by atoms with van der Waals surface area (Å²) in [6.45, 7) is 3.70. The van der Waals surface area contributed by atoms with Gasteiger partial charge in [0, 0.05) is 7.11 Å². The second kappa shape index (κ2) is 5.16. The number of methoxy groups -OCH3 is 1. The van der Waals surface area contributed by atoms with Gasteiger partial charge >= 0.3 is 0 Å². The van der Waals surface area contributed by atoms with Gasteiger partial charge in [0.25, 0.3) is 0 Å². The average molecular weight is 256 g/mol. The predicted molar refractivity (Wildman–Crippen MR) is 76.8 cm³/mol. The zero-order valence-corrected chi connectivity index (χ0v) is 11.6. The SMILES string of the molecule is CO[C@@](C)(c1ccccc1)[C@@](C)(O)c1ccccc1. The van der Waals surface area contributed by atoms with Crippen LogP contribution in [-0.4, -0.2) is 12.2 Å². The van der Waals surface area contributed by atoms with Crippen LogP contribution >= 0.6 is 0 Å². The summed E-state index contributed by atoms with van der Waals surface area (Å²) >= 11 is 0. The van der Waals surface area contributed by atoms with Crippen molar-refractivity contribution in [1.29, 1.82) is 0 Å². The fourth-order valence-electron chi connectivity index (χ4n) is 2.39. The summed E-state index contributed by atoms with van der Waals surface area (Å²) in [6.07, 6.45) is 0. The predicted octanol–water partition coefficient (Wildman–Crippen LogP) is 3.46. The molecular formula is C17H20O2. The van der Waals surface area contributed by atoms with Crippen molar-refractivity contribution in [3.8, 4) is 0 Å². The molecular weight excluding hydrogens is 236 g/mol. The summed E-state index contributed by atoms with van der Waals surface area (Å²) in [4.78, 5) is 0. The van der Waals surface area contributed by atoms with Crippen LogP contribution in [0.3, 0.4) is 0 Å². The number of rotatable bonds is 4. The highest BCUT2D eigenvalue weighted by molar-refractivity contribution is 5.32. The molecule has 0 aliphatic heterocycles. The molecule has 2 heteroatoms. The second-order valence-corrected chi connectivity index (χ2v) is 5.04. The molecule has 0 aliphatic carbocycles. The number of hydrogen-bond donors (Lipinski definition) is 1. The maximum Gasteiger partial charge on any atom is 0.122 e.